The summed E-state index contributed by atoms with van der Waals surface area (Å²) in [6, 6.07) is -0.560. The number of carbonyl (C=O) groups excluding carboxylic acids is 2. The number of nitrogens with zero attached hydrogens (tertiary/aromatic N) is 1. The minimum atomic E-state index is -2.01. The molecule has 0 radical (unpaired) electrons. The molecule has 0 saturated carbocycles. The van der Waals surface area contributed by atoms with E-state index in [-0.39, 0.29) is 26.0 Å². The minimum Gasteiger partial charge on any atom is -0.459 e. The van der Waals surface area contributed by atoms with Crippen molar-refractivity contribution in [3.8, 4) is 0 Å². The fourth-order valence-corrected chi connectivity index (χ4v) is 8.44. The van der Waals surface area contributed by atoms with Crippen molar-refractivity contribution in [3.05, 3.63) is 0 Å². The highest BCUT2D eigenvalue weighted by Crippen LogP contribution is 2.40. The number of hydrogen-bond donors (Lipinski definition) is 6. The van der Waals surface area contributed by atoms with Crippen LogP contribution in [-0.4, -0.2) is 152 Å². The highest BCUT2D eigenvalue weighted by molar-refractivity contribution is 5.83. The molecule has 52 heavy (non-hydrogen) atoms. The smallest absolute Gasteiger partial charge is 0.311 e. The van der Waals surface area contributed by atoms with E-state index in [1.54, 1.807) is 60.4 Å². The SMILES string of the molecule is CC[C@H]1OC(=O)[C@H](C)[C@@H](O[C@@H]2C[C@@](C)(OC)[C@@H](O)[C@H](C)O2)[C@H](C)[C@@H](O[C@@H]2O[C@H](C)C[C@H](N(C)CO)[C@H]2O)[C@](C)(O)C[C@@H](C)C(=O)[C@H](C)[C@@H](O)[C@]1(C)O. The van der Waals surface area contributed by atoms with Gasteiger partial charge in [0.15, 0.2) is 12.6 Å². The lowest BCUT2D eigenvalue weighted by Gasteiger charge is -2.49. The van der Waals surface area contributed by atoms with Crippen LogP contribution in [0, 0.1) is 23.7 Å². The molecule has 3 rings (SSSR count). The molecular formula is C37H67NO14. The van der Waals surface area contributed by atoms with Crippen LogP contribution in [0.15, 0.2) is 0 Å². The highest BCUT2D eigenvalue weighted by Gasteiger charge is 2.53. The van der Waals surface area contributed by atoms with E-state index in [1.165, 1.54) is 27.9 Å². The topological polar surface area (TPSA) is 214 Å². The van der Waals surface area contributed by atoms with E-state index in [1.807, 2.05) is 0 Å². The fourth-order valence-electron chi connectivity index (χ4n) is 8.44. The molecule has 0 aromatic rings. The van der Waals surface area contributed by atoms with Gasteiger partial charge in [-0.05, 0) is 67.9 Å². The van der Waals surface area contributed by atoms with Crippen LogP contribution >= 0.6 is 0 Å². The number of aliphatic hydroxyl groups is 6. The summed E-state index contributed by atoms with van der Waals surface area (Å²) in [6.45, 7) is 15.7. The average molecular weight is 750 g/mol. The number of aliphatic hydroxyl groups excluding tert-OH is 4. The second kappa shape index (κ2) is 17.6. The predicted molar refractivity (Wildman–Crippen MR) is 187 cm³/mol. The molecular weight excluding hydrogens is 682 g/mol. The van der Waals surface area contributed by atoms with Gasteiger partial charge in [0.25, 0.3) is 0 Å². The van der Waals surface area contributed by atoms with Crippen LogP contribution in [0.2, 0.25) is 0 Å². The number of cyclic esters (lactones) is 1. The van der Waals surface area contributed by atoms with Crippen molar-refractivity contribution in [1.29, 1.82) is 0 Å². The van der Waals surface area contributed by atoms with Gasteiger partial charge in [0.05, 0.1) is 54.4 Å². The average Bonchev–Trinajstić information content (AvgIpc) is 3.08. The van der Waals surface area contributed by atoms with Crippen LogP contribution in [0.4, 0.5) is 0 Å². The number of carbonyl (C=O) groups is 2. The zero-order chi connectivity index (χ0) is 39.7. The third-order valence-electron chi connectivity index (χ3n) is 11.9. The Kier molecular flexibility index (Phi) is 15.3. The van der Waals surface area contributed by atoms with E-state index in [2.05, 4.69) is 0 Å². The molecule has 0 aliphatic carbocycles. The number of ether oxygens (including phenoxy) is 6. The first kappa shape index (κ1) is 45.1. The number of likely N-dealkylation sites (N-methyl/N-ethyl adjacent to an activating group) is 1. The lowest BCUT2D eigenvalue weighted by molar-refractivity contribution is -0.318. The van der Waals surface area contributed by atoms with E-state index in [9.17, 15) is 40.2 Å². The molecule has 15 heteroatoms. The summed E-state index contributed by atoms with van der Waals surface area (Å²) in [4.78, 5) is 29.5. The van der Waals surface area contributed by atoms with Crippen molar-refractivity contribution in [1.82, 2.24) is 4.90 Å². The van der Waals surface area contributed by atoms with Crippen LogP contribution in [-0.2, 0) is 38.0 Å². The summed E-state index contributed by atoms with van der Waals surface area (Å²) in [7, 11) is 3.12. The standard InChI is InChI=1S/C37H67NO14/c1-13-25-37(10,46)30(42)20(4)27(40)18(2)15-35(8,45)32(52-34-28(41)24(38(11)17-39)14-19(3)48-34)21(5)29(22(6)33(44)50-25)51-26-16-36(9,47-12)31(43)23(7)49-26/h18-26,28-32,34,39,41-43,45-46H,13-17H2,1-12H3/t18-,19-,20+,21+,22-,23+,24+,25-,26-,28-,29+,30-,31+,32-,34+,35-,36-,37-/m1/s1. The Labute approximate surface area is 308 Å². The van der Waals surface area contributed by atoms with Crippen molar-refractivity contribution in [2.24, 2.45) is 23.7 Å². The van der Waals surface area contributed by atoms with E-state index >= 15 is 0 Å². The van der Waals surface area contributed by atoms with Crippen LogP contribution in [0.1, 0.15) is 94.9 Å². The highest BCUT2D eigenvalue weighted by atomic mass is 16.7. The van der Waals surface area contributed by atoms with E-state index in [0.717, 1.165) is 0 Å². The number of methoxy groups -OCH3 is 1. The largest absolute Gasteiger partial charge is 0.459 e. The molecule has 304 valence electrons. The van der Waals surface area contributed by atoms with Crippen LogP contribution < -0.4 is 0 Å². The Balaban J connectivity index is 2.19. The van der Waals surface area contributed by atoms with Crippen molar-refractivity contribution in [3.63, 3.8) is 0 Å². The van der Waals surface area contributed by atoms with Crippen molar-refractivity contribution >= 4 is 11.8 Å². The molecule has 0 bridgehead atoms. The summed E-state index contributed by atoms with van der Waals surface area (Å²) in [5.41, 5.74) is -4.93. The second-order valence-corrected chi connectivity index (χ2v) is 16.4. The molecule has 3 aliphatic rings. The lowest BCUT2D eigenvalue weighted by Crippen LogP contribution is -2.61. The van der Waals surface area contributed by atoms with Crippen molar-refractivity contribution in [2.75, 3.05) is 20.9 Å². The summed E-state index contributed by atoms with van der Waals surface area (Å²) >= 11 is 0. The number of hydrogen-bond acceptors (Lipinski definition) is 15. The maximum absolute atomic E-state index is 14.1. The van der Waals surface area contributed by atoms with Gasteiger partial charge in [-0.3, -0.25) is 14.5 Å². The van der Waals surface area contributed by atoms with Gasteiger partial charge >= 0.3 is 5.97 Å². The first-order valence-electron chi connectivity index (χ1n) is 18.7. The third kappa shape index (κ3) is 9.54. The number of esters is 1. The zero-order valence-electron chi connectivity index (χ0n) is 33.1. The Morgan fingerprint density at radius 2 is 1.52 bits per heavy atom. The summed E-state index contributed by atoms with van der Waals surface area (Å²) in [5.74, 6) is -5.17. The minimum absolute atomic E-state index is 0.0704. The maximum Gasteiger partial charge on any atom is 0.311 e. The van der Waals surface area contributed by atoms with Gasteiger partial charge < -0.3 is 59.1 Å². The van der Waals surface area contributed by atoms with Gasteiger partial charge in [0, 0.05) is 37.3 Å². The van der Waals surface area contributed by atoms with Gasteiger partial charge in [-0.2, -0.15) is 0 Å². The lowest BCUT2D eigenvalue weighted by atomic mass is 9.74. The first-order valence-corrected chi connectivity index (χ1v) is 18.7. The molecule has 0 aromatic carbocycles. The Morgan fingerprint density at radius 3 is 2.08 bits per heavy atom. The molecule has 18 atom stereocenters. The number of rotatable bonds is 8. The van der Waals surface area contributed by atoms with E-state index in [4.69, 9.17) is 28.4 Å². The van der Waals surface area contributed by atoms with Gasteiger partial charge in [0.1, 0.15) is 29.7 Å². The van der Waals surface area contributed by atoms with Gasteiger partial charge in [0.2, 0.25) is 0 Å². The maximum atomic E-state index is 14.1. The molecule has 0 spiro atoms. The number of Topliss-reactive ketones (excluding diaryl/α,β-unsaturated/α-hetero) is 1. The summed E-state index contributed by atoms with van der Waals surface area (Å²) < 4.78 is 36.9. The van der Waals surface area contributed by atoms with Crippen LogP contribution in [0.5, 0.6) is 0 Å². The molecule has 0 unspecified atom stereocenters. The Bertz CT molecular complexity index is 1190. The molecule has 3 fully saturated rings. The summed E-state index contributed by atoms with van der Waals surface area (Å²) in [6.07, 6.45) is -10.5. The molecule has 3 saturated heterocycles. The van der Waals surface area contributed by atoms with E-state index in [0.29, 0.717) is 6.42 Å². The fraction of sp³-hybridized carbons (Fsp3) is 0.946. The second-order valence-electron chi connectivity index (χ2n) is 16.4. The summed E-state index contributed by atoms with van der Waals surface area (Å²) in [5, 5.41) is 67.5. The van der Waals surface area contributed by atoms with E-state index < -0.39 is 120 Å². The quantitative estimate of drug-likeness (QED) is 0.152. The normalized spacial score (nSPS) is 49.0. The first-order chi connectivity index (χ1) is 24.0. The van der Waals surface area contributed by atoms with Gasteiger partial charge in [-0.25, -0.2) is 0 Å². The zero-order valence-corrected chi connectivity index (χ0v) is 33.1. The monoisotopic (exact) mass is 749 g/mol. The number of ketones is 1. The predicted octanol–water partition coefficient (Wildman–Crippen LogP) is 1.11. The molecule has 6 N–H and O–H groups in total. The molecule has 15 nitrogen and oxygen atoms in total. The van der Waals surface area contributed by atoms with Crippen LogP contribution in [0.25, 0.3) is 0 Å². The van der Waals surface area contributed by atoms with Gasteiger partial charge in [-0.15, -0.1) is 0 Å². The van der Waals surface area contributed by atoms with Crippen LogP contribution in [0.3, 0.4) is 0 Å². The van der Waals surface area contributed by atoms with Crippen molar-refractivity contribution in [2.45, 2.75) is 179 Å². The Morgan fingerprint density at radius 1 is 0.904 bits per heavy atom. The molecule has 3 heterocycles. The Hall–Kier alpha value is -1.34. The molecule has 0 aromatic heterocycles. The molecule has 3 aliphatic heterocycles. The third-order valence-corrected chi connectivity index (χ3v) is 11.9. The van der Waals surface area contributed by atoms with Gasteiger partial charge in [-0.1, -0.05) is 27.7 Å². The molecule has 0 amide bonds. The van der Waals surface area contributed by atoms with Crippen molar-refractivity contribution < 1.29 is 68.6 Å².